The Hall–Kier alpha value is -2.18. The second-order valence-corrected chi connectivity index (χ2v) is 4.42. The number of alkyl halides is 3. The normalized spacial score (nSPS) is 17.9. The predicted molar refractivity (Wildman–Crippen MR) is 69.3 cm³/mol. The number of hydrogen-bond acceptors (Lipinski definition) is 4. The van der Waals surface area contributed by atoms with E-state index in [4.69, 9.17) is 4.74 Å². The number of esters is 1. The van der Waals surface area contributed by atoms with Crippen LogP contribution in [-0.4, -0.2) is 25.0 Å². The van der Waals surface area contributed by atoms with Gasteiger partial charge in [-0.25, -0.2) is 4.79 Å². The zero-order chi connectivity index (χ0) is 15.5. The van der Waals surface area contributed by atoms with E-state index in [-0.39, 0.29) is 18.3 Å². The van der Waals surface area contributed by atoms with E-state index < -0.39 is 12.4 Å². The van der Waals surface area contributed by atoms with Gasteiger partial charge in [0.05, 0.1) is 6.61 Å². The highest BCUT2D eigenvalue weighted by Crippen LogP contribution is 2.29. The van der Waals surface area contributed by atoms with Gasteiger partial charge in [-0.3, -0.25) is 0 Å². The molecule has 1 N–H and O–H groups in total. The summed E-state index contributed by atoms with van der Waals surface area (Å²) in [6.45, 7) is 1.99. The Morgan fingerprint density at radius 1 is 1.43 bits per heavy atom. The van der Waals surface area contributed by atoms with Crippen LogP contribution in [0.1, 0.15) is 18.9 Å². The molecule has 0 saturated heterocycles. The number of rotatable bonds is 4. The highest BCUT2D eigenvalue weighted by molar-refractivity contribution is 5.82. The Balaban J connectivity index is 2.06. The summed E-state index contributed by atoms with van der Waals surface area (Å²) in [5.74, 6) is -0.674. The Morgan fingerprint density at radius 2 is 2.19 bits per heavy atom. The van der Waals surface area contributed by atoms with Crippen LogP contribution in [0.4, 0.5) is 13.2 Å². The van der Waals surface area contributed by atoms with Crippen molar-refractivity contribution in [3.8, 4) is 5.75 Å². The van der Waals surface area contributed by atoms with E-state index in [0.717, 1.165) is 5.57 Å². The Labute approximate surface area is 119 Å². The van der Waals surface area contributed by atoms with Crippen LogP contribution in [-0.2, 0) is 9.53 Å². The van der Waals surface area contributed by atoms with Crippen LogP contribution in [0.25, 0.3) is 5.57 Å². The third-order valence-corrected chi connectivity index (χ3v) is 2.89. The van der Waals surface area contributed by atoms with Crippen molar-refractivity contribution in [2.45, 2.75) is 25.7 Å². The molecule has 1 atom stereocenters. The van der Waals surface area contributed by atoms with Crippen molar-refractivity contribution in [2.24, 2.45) is 0 Å². The predicted octanol–water partition coefficient (Wildman–Crippen LogP) is 2.85. The van der Waals surface area contributed by atoms with Crippen LogP contribution in [0, 0.1) is 0 Å². The lowest BCUT2D eigenvalue weighted by molar-refractivity contribution is -0.274. The first-order chi connectivity index (χ1) is 9.89. The molecule has 2 rings (SSSR count). The van der Waals surface area contributed by atoms with E-state index in [1.165, 1.54) is 18.2 Å². The summed E-state index contributed by atoms with van der Waals surface area (Å²) in [7, 11) is 0. The maximum Gasteiger partial charge on any atom is 0.573 e. The molecule has 1 aliphatic rings. The minimum atomic E-state index is -4.73. The van der Waals surface area contributed by atoms with E-state index in [0.29, 0.717) is 12.0 Å². The summed E-state index contributed by atoms with van der Waals surface area (Å²) < 4.78 is 45.3. The molecule has 0 bridgehead atoms. The lowest BCUT2D eigenvalue weighted by atomic mass is 10.0. The maximum atomic E-state index is 12.2. The third-order valence-electron chi connectivity index (χ3n) is 2.89. The molecule has 0 amide bonds. The zero-order valence-electron chi connectivity index (χ0n) is 11.2. The van der Waals surface area contributed by atoms with Gasteiger partial charge in [0, 0.05) is 12.6 Å². The topological polar surface area (TPSA) is 47.6 Å². The number of halogens is 3. The molecule has 0 aliphatic carbocycles. The molecule has 0 aromatic heterocycles. The molecular formula is C14H14F3NO3. The summed E-state index contributed by atoms with van der Waals surface area (Å²) in [5, 5.41) is 2.86. The van der Waals surface area contributed by atoms with Crippen molar-refractivity contribution in [3.63, 3.8) is 0 Å². The fraction of sp³-hybridized carbons (Fsp3) is 0.357. The van der Waals surface area contributed by atoms with Gasteiger partial charge in [0.2, 0.25) is 0 Å². The van der Waals surface area contributed by atoms with Gasteiger partial charge in [-0.15, -0.1) is 13.2 Å². The lowest BCUT2D eigenvalue weighted by Crippen LogP contribution is -2.31. The molecule has 21 heavy (non-hydrogen) atoms. The summed E-state index contributed by atoms with van der Waals surface area (Å²) >= 11 is 0. The lowest BCUT2D eigenvalue weighted by Gasteiger charge is -2.11. The van der Waals surface area contributed by atoms with Crippen molar-refractivity contribution in [1.82, 2.24) is 5.32 Å². The van der Waals surface area contributed by atoms with Gasteiger partial charge in [-0.05, 0) is 30.2 Å². The molecule has 1 unspecified atom stereocenters. The largest absolute Gasteiger partial charge is 0.573 e. The fourth-order valence-electron chi connectivity index (χ4n) is 2.03. The average Bonchev–Trinajstić information content (AvgIpc) is 2.87. The summed E-state index contributed by atoms with van der Waals surface area (Å²) in [6.07, 6.45) is -2.77. The molecule has 0 radical (unpaired) electrons. The molecule has 7 heteroatoms. The van der Waals surface area contributed by atoms with E-state index in [1.807, 2.05) is 0 Å². The number of nitrogens with one attached hydrogen (secondary N) is 1. The molecule has 1 heterocycles. The quantitative estimate of drug-likeness (QED) is 0.869. The molecule has 4 nitrogen and oxygen atoms in total. The van der Waals surface area contributed by atoms with Gasteiger partial charge >= 0.3 is 12.3 Å². The van der Waals surface area contributed by atoms with Crippen LogP contribution >= 0.6 is 0 Å². The minimum Gasteiger partial charge on any atom is -0.464 e. The number of benzene rings is 1. The minimum absolute atomic E-state index is 0.279. The van der Waals surface area contributed by atoms with Crippen LogP contribution in [0.15, 0.2) is 30.5 Å². The first-order valence-electron chi connectivity index (χ1n) is 6.37. The molecule has 0 spiro atoms. The van der Waals surface area contributed by atoms with Crippen molar-refractivity contribution in [3.05, 3.63) is 36.0 Å². The third kappa shape index (κ3) is 4.14. The Kier molecular flexibility index (Phi) is 4.40. The van der Waals surface area contributed by atoms with Gasteiger partial charge in [-0.2, -0.15) is 0 Å². The second-order valence-electron chi connectivity index (χ2n) is 4.42. The van der Waals surface area contributed by atoms with Gasteiger partial charge in [0.1, 0.15) is 11.8 Å². The molecule has 1 aromatic rings. The first-order valence-corrected chi connectivity index (χ1v) is 6.37. The van der Waals surface area contributed by atoms with E-state index in [2.05, 4.69) is 10.1 Å². The first kappa shape index (κ1) is 15.2. The smallest absolute Gasteiger partial charge is 0.464 e. The standard InChI is InChI=1S/C14H14F3NO3/c1-2-20-13(19)12-7-10(8-18-12)9-4-3-5-11(6-9)21-14(15,16)17/h3-6,8,12,18H,2,7H2,1H3. The molecule has 114 valence electrons. The monoisotopic (exact) mass is 301 g/mol. The van der Waals surface area contributed by atoms with E-state index >= 15 is 0 Å². The molecule has 1 aromatic carbocycles. The van der Waals surface area contributed by atoms with Crippen LogP contribution in [0.5, 0.6) is 5.75 Å². The van der Waals surface area contributed by atoms with Gasteiger partial charge in [0.25, 0.3) is 0 Å². The molecule has 0 saturated carbocycles. The number of hydrogen-bond donors (Lipinski definition) is 1. The molecular weight excluding hydrogens is 287 g/mol. The highest BCUT2D eigenvalue weighted by Gasteiger charge is 2.31. The van der Waals surface area contributed by atoms with Crippen molar-refractivity contribution < 1.29 is 27.4 Å². The SMILES string of the molecule is CCOC(=O)C1CC(c2cccc(OC(F)(F)F)c2)=CN1. The fourth-order valence-corrected chi connectivity index (χ4v) is 2.03. The summed E-state index contributed by atoms with van der Waals surface area (Å²) in [4.78, 5) is 11.6. The van der Waals surface area contributed by atoms with Crippen LogP contribution in [0.2, 0.25) is 0 Å². The van der Waals surface area contributed by atoms with Crippen molar-refractivity contribution in [1.29, 1.82) is 0 Å². The summed E-state index contributed by atoms with van der Waals surface area (Å²) in [6, 6.07) is 5.13. The van der Waals surface area contributed by atoms with Gasteiger partial charge in [-0.1, -0.05) is 12.1 Å². The summed E-state index contributed by atoms with van der Waals surface area (Å²) in [5.41, 5.74) is 1.29. The van der Waals surface area contributed by atoms with E-state index in [9.17, 15) is 18.0 Å². The zero-order valence-corrected chi connectivity index (χ0v) is 11.2. The van der Waals surface area contributed by atoms with Crippen LogP contribution in [0.3, 0.4) is 0 Å². The number of carbonyl (C=O) groups excluding carboxylic acids is 1. The Morgan fingerprint density at radius 3 is 2.86 bits per heavy atom. The van der Waals surface area contributed by atoms with Gasteiger partial charge in [0.15, 0.2) is 0 Å². The Bertz CT molecular complexity index is 555. The van der Waals surface area contributed by atoms with E-state index in [1.54, 1.807) is 19.2 Å². The number of carbonyl (C=O) groups is 1. The molecule has 0 fully saturated rings. The average molecular weight is 301 g/mol. The number of ether oxygens (including phenoxy) is 2. The van der Waals surface area contributed by atoms with Crippen LogP contribution < -0.4 is 10.1 Å². The van der Waals surface area contributed by atoms with Crippen molar-refractivity contribution >= 4 is 11.5 Å². The van der Waals surface area contributed by atoms with Gasteiger partial charge < -0.3 is 14.8 Å². The molecule has 1 aliphatic heterocycles. The van der Waals surface area contributed by atoms with Crippen molar-refractivity contribution in [2.75, 3.05) is 6.61 Å². The maximum absolute atomic E-state index is 12.2. The highest BCUT2D eigenvalue weighted by atomic mass is 19.4. The second kappa shape index (κ2) is 6.07.